The van der Waals surface area contributed by atoms with Gasteiger partial charge in [0.25, 0.3) is 5.91 Å². The first-order chi connectivity index (χ1) is 8.97. The molecule has 1 unspecified atom stereocenters. The summed E-state index contributed by atoms with van der Waals surface area (Å²) in [6, 6.07) is 5.72. The fourth-order valence-corrected chi connectivity index (χ4v) is 1.72. The zero-order valence-corrected chi connectivity index (χ0v) is 12.6. The monoisotopic (exact) mass is 263 g/mol. The van der Waals surface area contributed by atoms with Gasteiger partial charge in [0.2, 0.25) is 0 Å². The number of hydrogen-bond acceptors (Lipinski definition) is 3. The first-order valence-electron chi connectivity index (χ1n) is 6.95. The Labute approximate surface area is 116 Å². The predicted octanol–water partition coefficient (Wildman–Crippen LogP) is 3.02. The number of aromatic nitrogens is 1. The number of rotatable bonds is 6. The summed E-state index contributed by atoms with van der Waals surface area (Å²) in [5, 5.41) is 3.20. The second-order valence-electron chi connectivity index (χ2n) is 5.24. The lowest BCUT2D eigenvalue weighted by atomic mass is 10.0. The van der Waals surface area contributed by atoms with E-state index in [2.05, 4.69) is 38.0 Å². The van der Waals surface area contributed by atoms with Crippen LogP contribution in [0.4, 0.5) is 5.82 Å². The van der Waals surface area contributed by atoms with Crippen molar-refractivity contribution in [3.05, 3.63) is 23.9 Å². The summed E-state index contributed by atoms with van der Waals surface area (Å²) in [5.74, 6) is 1.16. The van der Waals surface area contributed by atoms with Crippen LogP contribution in [0.15, 0.2) is 18.2 Å². The molecule has 1 atom stereocenters. The molecule has 0 saturated carbocycles. The largest absolute Gasteiger partial charge is 0.370 e. The van der Waals surface area contributed by atoms with Crippen LogP contribution in [0, 0.1) is 5.92 Å². The van der Waals surface area contributed by atoms with Crippen molar-refractivity contribution in [3.8, 4) is 0 Å². The van der Waals surface area contributed by atoms with Crippen molar-refractivity contribution < 1.29 is 4.79 Å². The van der Waals surface area contributed by atoms with E-state index >= 15 is 0 Å². The number of pyridine rings is 1. The number of amides is 1. The van der Waals surface area contributed by atoms with Crippen molar-refractivity contribution in [2.75, 3.05) is 18.9 Å². The van der Waals surface area contributed by atoms with Crippen LogP contribution in [0.5, 0.6) is 0 Å². The molecule has 0 aliphatic heterocycles. The molecule has 1 heterocycles. The predicted molar refractivity (Wildman–Crippen MR) is 79.4 cm³/mol. The summed E-state index contributed by atoms with van der Waals surface area (Å²) in [6.45, 7) is 9.24. The molecule has 0 bridgehead atoms. The van der Waals surface area contributed by atoms with E-state index in [1.807, 2.05) is 19.2 Å². The Morgan fingerprint density at radius 2 is 2.05 bits per heavy atom. The van der Waals surface area contributed by atoms with Crippen LogP contribution in [-0.2, 0) is 0 Å². The standard InChI is InChI=1S/C15H25N3O/c1-6-10-16-14-9-7-8-13(17-14)15(19)18(5)12(4)11(2)3/h7-9,11-12H,6,10H2,1-5H3,(H,16,17). The average molecular weight is 263 g/mol. The molecule has 0 spiro atoms. The molecule has 4 nitrogen and oxygen atoms in total. The number of carbonyl (C=O) groups excluding carboxylic acids is 1. The van der Waals surface area contributed by atoms with Gasteiger partial charge in [-0.15, -0.1) is 0 Å². The first-order valence-corrected chi connectivity index (χ1v) is 6.95. The number of hydrogen-bond donors (Lipinski definition) is 1. The van der Waals surface area contributed by atoms with Crippen LogP contribution in [-0.4, -0.2) is 35.4 Å². The number of anilines is 1. The van der Waals surface area contributed by atoms with Crippen LogP contribution in [0.25, 0.3) is 0 Å². The van der Waals surface area contributed by atoms with Gasteiger partial charge in [-0.05, 0) is 31.4 Å². The quantitative estimate of drug-likeness (QED) is 0.858. The van der Waals surface area contributed by atoms with E-state index in [9.17, 15) is 4.79 Å². The fraction of sp³-hybridized carbons (Fsp3) is 0.600. The van der Waals surface area contributed by atoms with Crippen LogP contribution in [0.2, 0.25) is 0 Å². The van der Waals surface area contributed by atoms with Gasteiger partial charge in [0, 0.05) is 19.6 Å². The number of nitrogens with zero attached hydrogens (tertiary/aromatic N) is 2. The topological polar surface area (TPSA) is 45.2 Å². The Balaban J connectivity index is 2.81. The molecule has 1 aromatic heterocycles. The van der Waals surface area contributed by atoms with Crippen LogP contribution >= 0.6 is 0 Å². The zero-order chi connectivity index (χ0) is 14.4. The van der Waals surface area contributed by atoms with Crippen molar-refractivity contribution in [1.82, 2.24) is 9.88 Å². The third kappa shape index (κ3) is 4.23. The van der Waals surface area contributed by atoms with Gasteiger partial charge in [0.15, 0.2) is 0 Å². The summed E-state index contributed by atoms with van der Waals surface area (Å²) < 4.78 is 0. The summed E-state index contributed by atoms with van der Waals surface area (Å²) in [6.07, 6.45) is 1.03. The molecule has 1 rings (SSSR count). The summed E-state index contributed by atoms with van der Waals surface area (Å²) in [5.41, 5.74) is 0.496. The van der Waals surface area contributed by atoms with Crippen LogP contribution < -0.4 is 5.32 Å². The molecule has 0 aliphatic carbocycles. The van der Waals surface area contributed by atoms with E-state index in [-0.39, 0.29) is 11.9 Å². The Hall–Kier alpha value is -1.58. The van der Waals surface area contributed by atoms with Crippen molar-refractivity contribution in [2.24, 2.45) is 5.92 Å². The van der Waals surface area contributed by atoms with E-state index in [0.29, 0.717) is 11.6 Å². The molecule has 0 radical (unpaired) electrons. The van der Waals surface area contributed by atoms with Gasteiger partial charge in [-0.25, -0.2) is 4.98 Å². The number of carbonyl (C=O) groups is 1. The van der Waals surface area contributed by atoms with Crippen molar-refractivity contribution >= 4 is 11.7 Å². The van der Waals surface area contributed by atoms with E-state index < -0.39 is 0 Å². The lowest BCUT2D eigenvalue weighted by molar-refractivity contribution is 0.0701. The minimum atomic E-state index is -0.0265. The van der Waals surface area contributed by atoms with Gasteiger partial charge in [0.05, 0.1) is 0 Å². The normalized spacial score (nSPS) is 12.3. The molecule has 106 valence electrons. The van der Waals surface area contributed by atoms with Crippen LogP contribution in [0.3, 0.4) is 0 Å². The smallest absolute Gasteiger partial charge is 0.272 e. The van der Waals surface area contributed by atoms with Crippen molar-refractivity contribution in [1.29, 1.82) is 0 Å². The molecule has 1 aromatic rings. The second kappa shape index (κ2) is 7.12. The SMILES string of the molecule is CCCNc1cccc(C(=O)N(C)C(C)C(C)C)n1. The minimum absolute atomic E-state index is 0.0265. The molecule has 0 aliphatic rings. The Morgan fingerprint density at radius 1 is 1.37 bits per heavy atom. The molecule has 0 fully saturated rings. The molecule has 1 N–H and O–H groups in total. The maximum atomic E-state index is 12.4. The highest BCUT2D eigenvalue weighted by Crippen LogP contribution is 2.13. The molecular weight excluding hydrogens is 238 g/mol. The highest BCUT2D eigenvalue weighted by Gasteiger charge is 2.20. The van der Waals surface area contributed by atoms with E-state index in [0.717, 1.165) is 18.8 Å². The molecule has 0 saturated heterocycles. The van der Waals surface area contributed by atoms with Crippen molar-refractivity contribution in [2.45, 2.75) is 40.2 Å². The lowest BCUT2D eigenvalue weighted by Gasteiger charge is -2.27. The summed E-state index contributed by atoms with van der Waals surface area (Å²) >= 11 is 0. The lowest BCUT2D eigenvalue weighted by Crippen LogP contribution is -2.38. The van der Waals surface area contributed by atoms with E-state index in [1.54, 1.807) is 11.0 Å². The van der Waals surface area contributed by atoms with Gasteiger partial charge in [-0.2, -0.15) is 0 Å². The third-order valence-electron chi connectivity index (χ3n) is 3.42. The van der Waals surface area contributed by atoms with Crippen LogP contribution in [0.1, 0.15) is 44.6 Å². The van der Waals surface area contributed by atoms with Gasteiger partial charge < -0.3 is 10.2 Å². The first kappa shape index (κ1) is 15.5. The summed E-state index contributed by atoms with van der Waals surface area (Å²) in [7, 11) is 1.83. The Morgan fingerprint density at radius 3 is 2.63 bits per heavy atom. The zero-order valence-electron chi connectivity index (χ0n) is 12.6. The molecule has 0 aromatic carbocycles. The van der Waals surface area contributed by atoms with E-state index in [4.69, 9.17) is 0 Å². The molecule has 1 amide bonds. The second-order valence-corrected chi connectivity index (χ2v) is 5.24. The van der Waals surface area contributed by atoms with Crippen molar-refractivity contribution in [3.63, 3.8) is 0 Å². The molecule has 4 heteroatoms. The third-order valence-corrected chi connectivity index (χ3v) is 3.42. The fourth-order valence-electron chi connectivity index (χ4n) is 1.72. The minimum Gasteiger partial charge on any atom is -0.370 e. The van der Waals surface area contributed by atoms with Gasteiger partial charge >= 0.3 is 0 Å². The molecular formula is C15H25N3O. The van der Waals surface area contributed by atoms with E-state index in [1.165, 1.54) is 0 Å². The molecule has 19 heavy (non-hydrogen) atoms. The maximum Gasteiger partial charge on any atom is 0.272 e. The van der Waals surface area contributed by atoms with Gasteiger partial charge in [-0.1, -0.05) is 26.8 Å². The Bertz CT molecular complexity index is 418. The summed E-state index contributed by atoms with van der Waals surface area (Å²) in [4.78, 5) is 18.5. The van der Waals surface area contributed by atoms with Gasteiger partial charge in [0.1, 0.15) is 11.5 Å². The van der Waals surface area contributed by atoms with Gasteiger partial charge in [-0.3, -0.25) is 4.79 Å². The Kier molecular flexibility index (Phi) is 5.80. The highest BCUT2D eigenvalue weighted by molar-refractivity contribution is 5.92. The average Bonchev–Trinajstić information content (AvgIpc) is 2.42. The highest BCUT2D eigenvalue weighted by atomic mass is 16.2. The maximum absolute atomic E-state index is 12.4. The number of nitrogens with one attached hydrogen (secondary N) is 1.